The highest BCUT2D eigenvalue weighted by Gasteiger charge is 2.29. The standard InChI is InChI=1S/C12H15N3O/c1-2-13-6-8-5-10-11(9-3-4-9)15-16-12(10)14-7-8/h5,7,9,13H,2-4,6H2,1H3. The largest absolute Gasteiger partial charge is 0.336 e. The fraction of sp³-hybridized carbons (Fsp3) is 0.500. The van der Waals surface area contributed by atoms with Gasteiger partial charge in [0.2, 0.25) is 0 Å². The van der Waals surface area contributed by atoms with Crippen LogP contribution in [0.2, 0.25) is 0 Å². The minimum absolute atomic E-state index is 0.609. The lowest BCUT2D eigenvalue weighted by molar-refractivity contribution is 0.439. The molecule has 0 aromatic carbocycles. The van der Waals surface area contributed by atoms with Crippen LogP contribution < -0.4 is 5.32 Å². The van der Waals surface area contributed by atoms with E-state index in [0.717, 1.165) is 24.2 Å². The van der Waals surface area contributed by atoms with Gasteiger partial charge < -0.3 is 9.84 Å². The molecule has 1 N–H and O–H groups in total. The molecule has 0 unspecified atom stereocenters. The summed E-state index contributed by atoms with van der Waals surface area (Å²) in [6, 6.07) is 2.15. The third-order valence-corrected chi connectivity index (χ3v) is 2.96. The molecule has 84 valence electrons. The average molecular weight is 217 g/mol. The van der Waals surface area contributed by atoms with E-state index < -0.39 is 0 Å². The zero-order valence-electron chi connectivity index (χ0n) is 9.36. The zero-order valence-corrected chi connectivity index (χ0v) is 9.36. The van der Waals surface area contributed by atoms with Gasteiger partial charge >= 0.3 is 0 Å². The van der Waals surface area contributed by atoms with Gasteiger partial charge in [0.15, 0.2) is 0 Å². The molecule has 4 nitrogen and oxygen atoms in total. The maximum atomic E-state index is 5.23. The summed E-state index contributed by atoms with van der Waals surface area (Å²) in [6.45, 7) is 3.92. The maximum Gasteiger partial charge on any atom is 0.257 e. The molecular weight excluding hydrogens is 202 g/mol. The molecule has 0 aliphatic heterocycles. The molecule has 1 aliphatic rings. The van der Waals surface area contributed by atoms with E-state index in [1.807, 2.05) is 6.20 Å². The van der Waals surface area contributed by atoms with E-state index in [0.29, 0.717) is 11.6 Å². The van der Waals surface area contributed by atoms with Crippen LogP contribution in [0.3, 0.4) is 0 Å². The maximum absolute atomic E-state index is 5.23. The first-order chi connectivity index (χ1) is 7.88. The number of aromatic nitrogens is 2. The number of fused-ring (bicyclic) bond motifs is 1. The molecular formula is C12H15N3O. The molecule has 0 radical (unpaired) electrons. The van der Waals surface area contributed by atoms with Gasteiger partial charge in [-0.1, -0.05) is 12.1 Å². The SMILES string of the molecule is CCNCc1cnc2onc(C3CC3)c2c1. The van der Waals surface area contributed by atoms with Gasteiger partial charge in [-0.25, -0.2) is 4.98 Å². The van der Waals surface area contributed by atoms with Gasteiger partial charge in [-0.05, 0) is 31.0 Å². The second-order valence-electron chi connectivity index (χ2n) is 4.32. The predicted octanol–water partition coefficient (Wildman–Crippen LogP) is 2.21. The van der Waals surface area contributed by atoms with Gasteiger partial charge in [0.05, 0.1) is 11.1 Å². The molecule has 0 amide bonds. The van der Waals surface area contributed by atoms with Crippen molar-refractivity contribution in [3.05, 3.63) is 23.5 Å². The Balaban J connectivity index is 1.97. The molecule has 0 spiro atoms. The Bertz CT molecular complexity index is 502. The number of hydrogen-bond donors (Lipinski definition) is 1. The first-order valence-corrected chi connectivity index (χ1v) is 5.83. The van der Waals surface area contributed by atoms with E-state index in [9.17, 15) is 0 Å². The van der Waals surface area contributed by atoms with Crippen molar-refractivity contribution in [2.45, 2.75) is 32.2 Å². The van der Waals surface area contributed by atoms with E-state index >= 15 is 0 Å². The lowest BCUT2D eigenvalue weighted by Gasteiger charge is -2.00. The molecule has 3 rings (SSSR count). The monoisotopic (exact) mass is 217 g/mol. The molecule has 2 aromatic heterocycles. The summed E-state index contributed by atoms with van der Waals surface area (Å²) in [4.78, 5) is 4.30. The molecule has 0 atom stereocenters. The van der Waals surface area contributed by atoms with Crippen molar-refractivity contribution in [1.29, 1.82) is 0 Å². The number of rotatable bonds is 4. The van der Waals surface area contributed by atoms with Crippen LogP contribution >= 0.6 is 0 Å². The normalized spacial score (nSPS) is 15.8. The minimum Gasteiger partial charge on any atom is -0.336 e. The molecule has 0 saturated heterocycles. The highest BCUT2D eigenvalue weighted by Crippen LogP contribution is 2.42. The summed E-state index contributed by atoms with van der Waals surface area (Å²) in [6.07, 6.45) is 4.32. The van der Waals surface area contributed by atoms with Crippen LogP contribution in [0, 0.1) is 0 Å². The Morgan fingerprint density at radius 3 is 3.12 bits per heavy atom. The second-order valence-corrected chi connectivity index (χ2v) is 4.32. The number of nitrogens with one attached hydrogen (secondary N) is 1. The highest BCUT2D eigenvalue weighted by molar-refractivity contribution is 5.77. The Morgan fingerprint density at radius 1 is 1.50 bits per heavy atom. The van der Waals surface area contributed by atoms with Gasteiger partial charge in [-0.15, -0.1) is 0 Å². The third-order valence-electron chi connectivity index (χ3n) is 2.96. The fourth-order valence-corrected chi connectivity index (χ4v) is 1.91. The highest BCUT2D eigenvalue weighted by atomic mass is 16.5. The van der Waals surface area contributed by atoms with Crippen LogP contribution in [0.4, 0.5) is 0 Å². The third kappa shape index (κ3) is 1.69. The predicted molar refractivity (Wildman–Crippen MR) is 61.2 cm³/mol. The molecule has 0 bridgehead atoms. The second kappa shape index (κ2) is 3.87. The first kappa shape index (κ1) is 9.78. The van der Waals surface area contributed by atoms with Crippen LogP contribution in [-0.2, 0) is 6.54 Å². The van der Waals surface area contributed by atoms with E-state index in [2.05, 4.69) is 28.4 Å². The van der Waals surface area contributed by atoms with Crippen LogP contribution in [0.25, 0.3) is 11.1 Å². The van der Waals surface area contributed by atoms with E-state index in [-0.39, 0.29) is 0 Å². The minimum atomic E-state index is 0.609. The van der Waals surface area contributed by atoms with Crippen LogP contribution in [0.5, 0.6) is 0 Å². The van der Waals surface area contributed by atoms with E-state index in [1.165, 1.54) is 18.4 Å². The number of hydrogen-bond acceptors (Lipinski definition) is 4. The quantitative estimate of drug-likeness (QED) is 0.853. The van der Waals surface area contributed by atoms with Crippen molar-refractivity contribution >= 4 is 11.1 Å². The molecule has 2 heterocycles. The van der Waals surface area contributed by atoms with Crippen molar-refractivity contribution < 1.29 is 4.52 Å². The first-order valence-electron chi connectivity index (χ1n) is 5.83. The summed E-state index contributed by atoms with van der Waals surface area (Å²) < 4.78 is 5.23. The van der Waals surface area contributed by atoms with Crippen molar-refractivity contribution in [3.8, 4) is 0 Å². The van der Waals surface area contributed by atoms with Crippen molar-refractivity contribution in [2.24, 2.45) is 0 Å². The summed E-state index contributed by atoms with van der Waals surface area (Å²) >= 11 is 0. The fourth-order valence-electron chi connectivity index (χ4n) is 1.91. The van der Waals surface area contributed by atoms with Crippen LogP contribution in [0.15, 0.2) is 16.8 Å². The number of nitrogens with zero attached hydrogens (tertiary/aromatic N) is 2. The van der Waals surface area contributed by atoms with Crippen LogP contribution in [0.1, 0.15) is 36.9 Å². The Morgan fingerprint density at radius 2 is 2.38 bits per heavy atom. The Kier molecular flexibility index (Phi) is 2.36. The summed E-state index contributed by atoms with van der Waals surface area (Å²) in [5, 5.41) is 8.51. The van der Waals surface area contributed by atoms with Crippen LogP contribution in [-0.4, -0.2) is 16.7 Å². The number of pyridine rings is 1. The average Bonchev–Trinajstić information content (AvgIpc) is 3.07. The van der Waals surface area contributed by atoms with Gasteiger partial charge in [0, 0.05) is 18.7 Å². The lowest BCUT2D eigenvalue weighted by Crippen LogP contribution is -2.11. The molecule has 1 fully saturated rings. The molecule has 16 heavy (non-hydrogen) atoms. The zero-order chi connectivity index (χ0) is 11.0. The van der Waals surface area contributed by atoms with Crippen molar-refractivity contribution in [3.63, 3.8) is 0 Å². The smallest absolute Gasteiger partial charge is 0.257 e. The van der Waals surface area contributed by atoms with Gasteiger partial charge in [-0.2, -0.15) is 0 Å². The Hall–Kier alpha value is -1.42. The molecule has 2 aromatic rings. The molecule has 4 heteroatoms. The van der Waals surface area contributed by atoms with E-state index in [4.69, 9.17) is 4.52 Å². The topological polar surface area (TPSA) is 51.0 Å². The van der Waals surface area contributed by atoms with Gasteiger partial charge in [0.1, 0.15) is 0 Å². The Labute approximate surface area is 94.0 Å². The summed E-state index contributed by atoms with van der Waals surface area (Å²) in [5.41, 5.74) is 2.96. The summed E-state index contributed by atoms with van der Waals surface area (Å²) in [5.74, 6) is 0.609. The molecule has 1 aliphatic carbocycles. The molecule has 1 saturated carbocycles. The van der Waals surface area contributed by atoms with Crippen molar-refractivity contribution in [1.82, 2.24) is 15.5 Å². The lowest BCUT2D eigenvalue weighted by atomic mass is 10.1. The van der Waals surface area contributed by atoms with Gasteiger partial charge in [0.25, 0.3) is 5.71 Å². The van der Waals surface area contributed by atoms with Crippen molar-refractivity contribution in [2.75, 3.05) is 6.54 Å². The van der Waals surface area contributed by atoms with Gasteiger partial charge in [-0.3, -0.25) is 0 Å². The van der Waals surface area contributed by atoms with E-state index in [1.54, 1.807) is 0 Å². The summed E-state index contributed by atoms with van der Waals surface area (Å²) in [7, 11) is 0.